The Labute approximate surface area is 113 Å². The minimum absolute atomic E-state index is 0.288. The van der Waals surface area contributed by atoms with Crippen LogP contribution in [0, 0.1) is 0 Å². The van der Waals surface area contributed by atoms with Crippen molar-refractivity contribution in [1.29, 1.82) is 0 Å². The highest BCUT2D eigenvalue weighted by atomic mass is 79.9. The Morgan fingerprint density at radius 3 is 2.67 bits per heavy atom. The molecule has 0 fully saturated rings. The lowest BCUT2D eigenvalue weighted by molar-refractivity contribution is 0.475. The first-order chi connectivity index (χ1) is 8.72. The average Bonchev–Trinajstić information content (AvgIpc) is 2.76. The van der Waals surface area contributed by atoms with Gasteiger partial charge in [0.15, 0.2) is 5.65 Å². The molecule has 0 amide bonds. The second-order valence-corrected chi connectivity index (χ2v) is 5.02. The van der Waals surface area contributed by atoms with Crippen molar-refractivity contribution in [3.8, 4) is 5.75 Å². The van der Waals surface area contributed by atoms with Crippen LogP contribution >= 0.6 is 15.9 Å². The van der Waals surface area contributed by atoms with Gasteiger partial charge in [0, 0.05) is 18.8 Å². The van der Waals surface area contributed by atoms with Crippen LogP contribution in [-0.4, -0.2) is 14.5 Å². The third kappa shape index (κ3) is 2.11. The van der Waals surface area contributed by atoms with Gasteiger partial charge in [0.25, 0.3) is 0 Å². The van der Waals surface area contributed by atoms with Crippen molar-refractivity contribution in [3.05, 3.63) is 64.5 Å². The summed E-state index contributed by atoms with van der Waals surface area (Å²) >= 11 is 3.49. The van der Waals surface area contributed by atoms with Gasteiger partial charge in [-0.25, -0.2) is 4.98 Å². The summed E-state index contributed by atoms with van der Waals surface area (Å²) in [6.07, 6.45) is 4.76. The van der Waals surface area contributed by atoms with Crippen molar-refractivity contribution in [1.82, 2.24) is 9.38 Å². The molecule has 3 rings (SSSR count). The summed E-state index contributed by atoms with van der Waals surface area (Å²) in [6.45, 7) is 0. The molecule has 0 saturated carbocycles. The van der Waals surface area contributed by atoms with Crippen molar-refractivity contribution in [3.63, 3.8) is 0 Å². The van der Waals surface area contributed by atoms with Crippen LogP contribution in [0.3, 0.4) is 0 Å². The second kappa shape index (κ2) is 4.46. The number of hydrogen-bond donors (Lipinski definition) is 1. The normalized spacial score (nSPS) is 10.9. The standard InChI is InChI=1S/C14H11BrN2O/c15-13-2-1-7-17-9-11(16-14(13)17)8-10-3-5-12(18)6-4-10/h1-7,9,18H,8H2. The average molecular weight is 303 g/mol. The van der Waals surface area contributed by atoms with Gasteiger partial charge in [-0.3, -0.25) is 0 Å². The molecule has 0 aliphatic rings. The summed E-state index contributed by atoms with van der Waals surface area (Å²) in [5.74, 6) is 0.288. The summed E-state index contributed by atoms with van der Waals surface area (Å²) in [4.78, 5) is 4.58. The molecular weight excluding hydrogens is 292 g/mol. The summed E-state index contributed by atoms with van der Waals surface area (Å²) in [7, 11) is 0. The Bertz CT molecular complexity index is 689. The largest absolute Gasteiger partial charge is 0.508 e. The van der Waals surface area contributed by atoms with Crippen LogP contribution in [0.15, 0.2) is 53.3 Å². The van der Waals surface area contributed by atoms with Crippen molar-refractivity contribution in [2.75, 3.05) is 0 Å². The fourth-order valence-corrected chi connectivity index (χ4v) is 2.38. The van der Waals surface area contributed by atoms with E-state index in [0.29, 0.717) is 0 Å². The molecule has 18 heavy (non-hydrogen) atoms. The molecule has 90 valence electrons. The molecule has 0 atom stereocenters. The summed E-state index contributed by atoms with van der Waals surface area (Å²) in [5, 5.41) is 9.25. The Morgan fingerprint density at radius 1 is 1.17 bits per heavy atom. The molecule has 1 N–H and O–H groups in total. The summed E-state index contributed by atoms with van der Waals surface area (Å²) < 4.78 is 2.99. The van der Waals surface area contributed by atoms with Crippen LogP contribution in [0.2, 0.25) is 0 Å². The molecule has 3 aromatic rings. The zero-order chi connectivity index (χ0) is 12.5. The number of rotatable bonds is 2. The highest BCUT2D eigenvalue weighted by Crippen LogP contribution is 2.19. The number of pyridine rings is 1. The molecule has 1 aromatic carbocycles. The topological polar surface area (TPSA) is 37.5 Å². The van der Waals surface area contributed by atoms with Gasteiger partial charge in [-0.2, -0.15) is 0 Å². The van der Waals surface area contributed by atoms with Gasteiger partial charge in [0.2, 0.25) is 0 Å². The van der Waals surface area contributed by atoms with E-state index < -0.39 is 0 Å². The number of phenolic OH excluding ortho intramolecular Hbond substituents is 1. The lowest BCUT2D eigenvalue weighted by atomic mass is 10.1. The van der Waals surface area contributed by atoms with Crippen LogP contribution in [0.25, 0.3) is 5.65 Å². The molecule has 0 unspecified atom stereocenters. The first kappa shape index (κ1) is 11.3. The molecule has 0 radical (unpaired) electrons. The minimum atomic E-state index is 0.288. The maximum absolute atomic E-state index is 9.25. The highest BCUT2D eigenvalue weighted by Gasteiger charge is 2.05. The Hall–Kier alpha value is -1.81. The van der Waals surface area contributed by atoms with Crippen molar-refractivity contribution < 1.29 is 5.11 Å². The third-order valence-electron chi connectivity index (χ3n) is 2.81. The van der Waals surface area contributed by atoms with Gasteiger partial charge >= 0.3 is 0 Å². The smallest absolute Gasteiger partial charge is 0.151 e. The zero-order valence-electron chi connectivity index (χ0n) is 9.55. The van der Waals surface area contributed by atoms with Gasteiger partial charge in [-0.15, -0.1) is 0 Å². The molecule has 0 bridgehead atoms. The van der Waals surface area contributed by atoms with E-state index in [0.717, 1.165) is 27.8 Å². The fraction of sp³-hybridized carbons (Fsp3) is 0.0714. The zero-order valence-corrected chi connectivity index (χ0v) is 11.1. The quantitative estimate of drug-likeness (QED) is 0.788. The van der Waals surface area contributed by atoms with Crippen molar-refractivity contribution in [2.45, 2.75) is 6.42 Å². The predicted octanol–water partition coefficient (Wildman–Crippen LogP) is 3.39. The monoisotopic (exact) mass is 302 g/mol. The van der Waals surface area contributed by atoms with Crippen molar-refractivity contribution in [2.24, 2.45) is 0 Å². The Morgan fingerprint density at radius 2 is 1.94 bits per heavy atom. The van der Waals surface area contributed by atoms with E-state index in [4.69, 9.17) is 0 Å². The van der Waals surface area contributed by atoms with Gasteiger partial charge in [0.05, 0.1) is 10.2 Å². The predicted molar refractivity (Wildman–Crippen MR) is 73.8 cm³/mol. The fourth-order valence-electron chi connectivity index (χ4n) is 1.94. The molecule has 4 heteroatoms. The van der Waals surface area contributed by atoms with E-state index >= 15 is 0 Å². The van der Waals surface area contributed by atoms with E-state index in [1.54, 1.807) is 12.1 Å². The number of fused-ring (bicyclic) bond motifs is 1. The van der Waals surface area contributed by atoms with Gasteiger partial charge in [-0.1, -0.05) is 12.1 Å². The van der Waals surface area contributed by atoms with E-state index in [-0.39, 0.29) is 5.75 Å². The number of phenols is 1. The summed E-state index contributed by atoms with van der Waals surface area (Å²) in [6, 6.07) is 11.2. The molecular formula is C14H11BrN2O. The maximum atomic E-state index is 9.25. The first-order valence-electron chi connectivity index (χ1n) is 5.62. The second-order valence-electron chi connectivity index (χ2n) is 4.16. The molecule has 0 aliphatic heterocycles. The SMILES string of the molecule is Oc1ccc(Cc2cn3cccc(Br)c3n2)cc1. The molecule has 0 spiro atoms. The first-order valence-corrected chi connectivity index (χ1v) is 6.42. The number of halogens is 1. The maximum Gasteiger partial charge on any atom is 0.151 e. The van der Waals surface area contributed by atoms with E-state index in [1.165, 1.54) is 0 Å². The number of nitrogens with zero attached hydrogens (tertiary/aromatic N) is 2. The Kier molecular flexibility index (Phi) is 2.80. The van der Waals surface area contributed by atoms with Crippen molar-refractivity contribution >= 4 is 21.6 Å². The van der Waals surface area contributed by atoms with Crippen LogP contribution < -0.4 is 0 Å². The number of aromatic hydroxyl groups is 1. The van der Waals surface area contributed by atoms with E-state index in [1.807, 2.05) is 41.1 Å². The minimum Gasteiger partial charge on any atom is -0.508 e. The number of benzene rings is 1. The molecule has 2 heterocycles. The molecule has 0 saturated heterocycles. The number of imidazole rings is 1. The molecule has 2 aromatic heterocycles. The Balaban J connectivity index is 1.95. The molecule has 3 nitrogen and oxygen atoms in total. The van der Waals surface area contributed by atoms with Crippen LogP contribution in [0.4, 0.5) is 0 Å². The van der Waals surface area contributed by atoms with Crippen LogP contribution in [0.5, 0.6) is 5.75 Å². The molecule has 0 aliphatic carbocycles. The van der Waals surface area contributed by atoms with Gasteiger partial charge < -0.3 is 9.51 Å². The number of aromatic nitrogens is 2. The number of hydrogen-bond acceptors (Lipinski definition) is 2. The van der Waals surface area contributed by atoms with E-state index in [9.17, 15) is 5.11 Å². The highest BCUT2D eigenvalue weighted by molar-refractivity contribution is 9.10. The third-order valence-corrected chi connectivity index (χ3v) is 3.43. The van der Waals surface area contributed by atoms with Gasteiger partial charge in [-0.05, 0) is 45.8 Å². The van der Waals surface area contributed by atoms with Crippen LogP contribution in [0.1, 0.15) is 11.3 Å². The van der Waals surface area contributed by atoms with Crippen LogP contribution in [-0.2, 0) is 6.42 Å². The summed E-state index contributed by atoms with van der Waals surface area (Å²) in [5.41, 5.74) is 3.06. The lowest BCUT2D eigenvalue weighted by Crippen LogP contribution is -1.87. The van der Waals surface area contributed by atoms with Gasteiger partial charge in [0.1, 0.15) is 5.75 Å². The lowest BCUT2D eigenvalue weighted by Gasteiger charge is -1.97. The van der Waals surface area contributed by atoms with E-state index in [2.05, 4.69) is 20.9 Å².